The first kappa shape index (κ1) is 19.9. The second kappa shape index (κ2) is 7.42. The van der Waals surface area contributed by atoms with Gasteiger partial charge in [0.25, 0.3) is 0 Å². The van der Waals surface area contributed by atoms with Crippen molar-refractivity contribution in [1.29, 1.82) is 0 Å². The van der Waals surface area contributed by atoms with Crippen molar-refractivity contribution in [3.05, 3.63) is 35.4 Å². The molecule has 0 bridgehead atoms. The Kier molecular flexibility index (Phi) is 5.89. The second-order valence-corrected chi connectivity index (χ2v) is 14.8. The summed E-state index contributed by atoms with van der Waals surface area (Å²) in [6.45, 7) is 12.9. The number of hydrogen-bond donors (Lipinski definition) is 1. The Morgan fingerprint density at radius 3 is 2.20 bits per heavy atom. The maximum absolute atomic E-state index is 12.1. The lowest BCUT2D eigenvalue weighted by molar-refractivity contribution is -0.144. The summed E-state index contributed by atoms with van der Waals surface area (Å²) in [5, 5.41) is 9.38. The van der Waals surface area contributed by atoms with Gasteiger partial charge in [-0.15, -0.1) is 0 Å². The van der Waals surface area contributed by atoms with Gasteiger partial charge in [-0.1, -0.05) is 57.8 Å². The highest BCUT2D eigenvalue weighted by Gasteiger charge is 2.43. The lowest BCUT2D eigenvalue weighted by atomic mass is 9.82. The minimum absolute atomic E-state index is 0.199. The molecule has 0 spiro atoms. The topological polar surface area (TPSA) is 57.6 Å². The summed E-state index contributed by atoms with van der Waals surface area (Å²) in [4.78, 5) is 25.8. The fraction of sp³-hybridized carbons (Fsp3) is 0.600. The summed E-state index contributed by atoms with van der Waals surface area (Å²) >= 11 is 0. The van der Waals surface area contributed by atoms with E-state index in [0.29, 0.717) is 18.7 Å². The zero-order valence-electron chi connectivity index (χ0n) is 16.1. The van der Waals surface area contributed by atoms with E-state index in [1.54, 1.807) is 0 Å². The normalized spacial score (nSPS) is 20.6. The predicted molar refractivity (Wildman–Crippen MR) is 103 cm³/mol. The highest BCUT2D eigenvalue weighted by Crippen LogP contribution is 2.36. The highest BCUT2D eigenvalue weighted by molar-refractivity contribution is 6.78. The molecule has 1 saturated heterocycles. The number of carboxylic acids is 1. The number of carbonyl (C=O) groups excluding carboxylic acids is 1. The number of carboxylic acid groups (broad SMARTS) is 1. The van der Waals surface area contributed by atoms with E-state index in [-0.39, 0.29) is 11.3 Å². The molecule has 0 radical (unpaired) electrons. The summed E-state index contributed by atoms with van der Waals surface area (Å²) < 4.78 is 0. The minimum Gasteiger partial charge on any atom is -0.481 e. The zero-order valence-corrected chi connectivity index (χ0v) is 17.1. The number of rotatable bonds is 7. The van der Waals surface area contributed by atoms with Crippen LogP contribution in [0.5, 0.6) is 0 Å². The van der Waals surface area contributed by atoms with Crippen LogP contribution in [-0.2, 0) is 22.6 Å². The molecule has 1 atom stereocenters. The first-order valence-corrected chi connectivity index (χ1v) is 12.7. The Morgan fingerprint density at radius 2 is 1.72 bits per heavy atom. The van der Waals surface area contributed by atoms with Crippen LogP contribution in [0.2, 0.25) is 25.7 Å². The Balaban J connectivity index is 1.93. The fourth-order valence-electron chi connectivity index (χ4n) is 3.69. The standard InChI is InChI=1S/C20H31NO3Si/c1-20(2)14-21(12-18(20)19(23)24)11-16-8-6-15(7-9-16)10-17(22)13-25(3,4)5/h6-9,18H,10-14H2,1-5H3,(H,23,24). The maximum atomic E-state index is 12.1. The molecule has 1 aromatic carbocycles. The van der Waals surface area contributed by atoms with E-state index in [1.807, 2.05) is 26.0 Å². The molecule has 1 unspecified atom stereocenters. The molecule has 1 aromatic rings. The molecule has 1 aliphatic rings. The van der Waals surface area contributed by atoms with E-state index in [2.05, 4.69) is 36.7 Å². The number of hydrogen-bond acceptors (Lipinski definition) is 3. The van der Waals surface area contributed by atoms with Crippen LogP contribution in [0.3, 0.4) is 0 Å². The number of carbonyl (C=O) groups is 2. The molecule has 138 valence electrons. The molecule has 5 heteroatoms. The lowest BCUT2D eigenvalue weighted by Crippen LogP contribution is -2.28. The van der Waals surface area contributed by atoms with Crippen molar-refractivity contribution in [2.24, 2.45) is 11.3 Å². The van der Waals surface area contributed by atoms with Crippen molar-refractivity contribution in [3.8, 4) is 0 Å². The number of aliphatic carboxylic acids is 1. The molecule has 0 aliphatic carbocycles. The van der Waals surface area contributed by atoms with E-state index in [0.717, 1.165) is 24.7 Å². The molecule has 1 fully saturated rings. The van der Waals surface area contributed by atoms with Gasteiger partial charge in [-0.05, 0) is 16.5 Å². The van der Waals surface area contributed by atoms with E-state index in [9.17, 15) is 14.7 Å². The molecule has 0 amide bonds. The first-order valence-electron chi connectivity index (χ1n) is 9.01. The number of Topliss-reactive ketones (excluding diaryl/α,β-unsaturated/α-hetero) is 1. The zero-order chi connectivity index (χ0) is 18.8. The third-order valence-electron chi connectivity index (χ3n) is 4.87. The van der Waals surface area contributed by atoms with Crippen molar-refractivity contribution in [1.82, 2.24) is 4.90 Å². The molecule has 25 heavy (non-hydrogen) atoms. The Labute approximate surface area is 152 Å². The van der Waals surface area contributed by atoms with Crippen molar-refractivity contribution in [3.63, 3.8) is 0 Å². The quantitative estimate of drug-likeness (QED) is 0.753. The Morgan fingerprint density at radius 1 is 1.16 bits per heavy atom. The van der Waals surface area contributed by atoms with Crippen LogP contribution < -0.4 is 0 Å². The van der Waals surface area contributed by atoms with Gasteiger partial charge < -0.3 is 5.11 Å². The SMILES string of the molecule is CC1(C)CN(Cc2ccc(CC(=O)C[Si](C)(C)C)cc2)CC1C(=O)O. The molecule has 2 rings (SSSR count). The van der Waals surface area contributed by atoms with Gasteiger partial charge >= 0.3 is 5.97 Å². The largest absolute Gasteiger partial charge is 0.481 e. The molecular formula is C20H31NO3Si. The molecule has 1 heterocycles. The monoisotopic (exact) mass is 361 g/mol. The van der Waals surface area contributed by atoms with Gasteiger partial charge in [-0.3, -0.25) is 14.5 Å². The van der Waals surface area contributed by atoms with Crippen LogP contribution in [-0.4, -0.2) is 42.9 Å². The van der Waals surface area contributed by atoms with Gasteiger partial charge in [0.2, 0.25) is 0 Å². The lowest BCUT2D eigenvalue weighted by Gasteiger charge is -2.22. The van der Waals surface area contributed by atoms with Crippen molar-refractivity contribution < 1.29 is 14.7 Å². The van der Waals surface area contributed by atoms with E-state index >= 15 is 0 Å². The highest BCUT2D eigenvalue weighted by atomic mass is 28.3. The molecular weight excluding hydrogens is 330 g/mol. The van der Waals surface area contributed by atoms with E-state index in [4.69, 9.17) is 0 Å². The van der Waals surface area contributed by atoms with Crippen LogP contribution in [0.25, 0.3) is 0 Å². The van der Waals surface area contributed by atoms with Crippen LogP contribution in [0.15, 0.2) is 24.3 Å². The Hall–Kier alpha value is -1.46. The summed E-state index contributed by atoms with van der Waals surface area (Å²) in [7, 11) is -1.34. The van der Waals surface area contributed by atoms with Gasteiger partial charge in [0, 0.05) is 32.1 Å². The summed E-state index contributed by atoms with van der Waals surface area (Å²) in [5.74, 6) is -0.688. The third kappa shape index (κ3) is 5.78. The van der Waals surface area contributed by atoms with E-state index in [1.165, 1.54) is 5.56 Å². The fourth-order valence-corrected chi connectivity index (χ4v) is 5.00. The number of likely N-dealkylation sites (tertiary alicyclic amines) is 1. The van der Waals surface area contributed by atoms with Crippen LogP contribution >= 0.6 is 0 Å². The van der Waals surface area contributed by atoms with Crippen molar-refractivity contribution in [2.75, 3.05) is 13.1 Å². The molecule has 4 nitrogen and oxygen atoms in total. The van der Waals surface area contributed by atoms with Crippen molar-refractivity contribution in [2.45, 2.75) is 52.5 Å². The average Bonchev–Trinajstić information content (AvgIpc) is 2.73. The smallest absolute Gasteiger partial charge is 0.308 e. The van der Waals surface area contributed by atoms with Crippen LogP contribution in [0.4, 0.5) is 0 Å². The van der Waals surface area contributed by atoms with Gasteiger partial charge in [-0.25, -0.2) is 0 Å². The minimum atomic E-state index is -1.34. The molecule has 1 aliphatic heterocycles. The number of ketones is 1. The predicted octanol–water partition coefficient (Wildman–Crippen LogP) is 3.68. The molecule has 0 saturated carbocycles. The molecule has 0 aromatic heterocycles. The Bertz CT molecular complexity index is 631. The number of nitrogens with zero attached hydrogens (tertiary/aromatic N) is 1. The summed E-state index contributed by atoms with van der Waals surface area (Å²) in [6, 6.07) is 8.94. The van der Waals surface area contributed by atoms with E-state index < -0.39 is 14.0 Å². The molecule has 1 N–H and O–H groups in total. The van der Waals surface area contributed by atoms with Crippen LogP contribution in [0.1, 0.15) is 25.0 Å². The maximum Gasteiger partial charge on any atom is 0.308 e. The van der Waals surface area contributed by atoms with Gasteiger partial charge in [0.1, 0.15) is 5.78 Å². The summed E-state index contributed by atoms with van der Waals surface area (Å²) in [5.41, 5.74) is 2.04. The van der Waals surface area contributed by atoms with Crippen LogP contribution in [0, 0.1) is 11.3 Å². The van der Waals surface area contributed by atoms with Gasteiger partial charge in [-0.2, -0.15) is 0 Å². The number of benzene rings is 1. The summed E-state index contributed by atoms with van der Waals surface area (Å²) in [6.07, 6.45) is 0.516. The average molecular weight is 362 g/mol. The first-order chi connectivity index (χ1) is 11.5. The van der Waals surface area contributed by atoms with Gasteiger partial charge in [0.15, 0.2) is 0 Å². The van der Waals surface area contributed by atoms with Gasteiger partial charge in [0.05, 0.1) is 14.0 Å². The second-order valence-electron chi connectivity index (χ2n) is 9.32. The third-order valence-corrected chi connectivity index (χ3v) is 6.33. The van der Waals surface area contributed by atoms with Crippen molar-refractivity contribution >= 4 is 19.8 Å².